The summed E-state index contributed by atoms with van der Waals surface area (Å²) in [6, 6.07) is 0. The zero-order chi connectivity index (χ0) is 3.41. The van der Waals surface area contributed by atoms with Gasteiger partial charge in [-0.3, -0.25) is 0 Å². The van der Waals surface area contributed by atoms with Crippen molar-refractivity contribution in [3.8, 4) is 0 Å². The molecule has 0 aliphatic heterocycles. The summed E-state index contributed by atoms with van der Waals surface area (Å²) in [5.74, 6) is 0. The Bertz CT molecular complexity index is 5.25. The van der Waals surface area contributed by atoms with Crippen LogP contribution in [0.5, 0.6) is 0 Å². The van der Waals surface area contributed by atoms with Crippen molar-refractivity contribution in [3.05, 3.63) is 0 Å². The molecule has 0 fully saturated rings. The first-order chi connectivity index (χ1) is 1.91. The van der Waals surface area contributed by atoms with E-state index in [0.29, 0.717) is 0 Å². The van der Waals surface area contributed by atoms with E-state index < -0.39 is 0 Å². The van der Waals surface area contributed by atoms with Crippen molar-refractivity contribution in [2.45, 2.75) is 4.22 Å². The fourth-order valence-corrected chi connectivity index (χ4v) is 0. The Morgan fingerprint density at radius 3 is 2.25 bits per heavy atom. The minimum atomic E-state index is 0.799. The molecule has 26 valence electrons. The van der Waals surface area contributed by atoms with Gasteiger partial charge < -0.3 is 0 Å². The van der Waals surface area contributed by atoms with E-state index in [1.54, 1.807) is 0 Å². The third-order valence-electron chi connectivity index (χ3n) is 0.0527. The van der Waals surface area contributed by atoms with Gasteiger partial charge in [0.1, 0.15) is 0 Å². The molecule has 0 aromatic heterocycles. The standard InChI is InChI=1S/CH4Se3/c2-1-4-3/h2-3H,1H2/p-1. The number of rotatable bonds is 1. The van der Waals surface area contributed by atoms with Gasteiger partial charge in [-0.15, -0.1) is 0 Å². The van der Waals surface area contributed by atoms with Crippen molar-refractivity contribution in [3.63, 3.8) is 0 Å². The molecule has 0 N–H and O–H groups in total. The third-order valence-corrected chi connectivity index (χ3v) is 7.39. The summed E-state index contributed by atoms with van der Waals surface area (Å²) in [4.78, 5) is 0. The van der Waals surface area contributed by atoms with Crippen LogP contribution in [0, 0.1) is 0 Å². The van der Waals surface area contributed by atoms with Gasteiger partial charge in [-0.25, -0.2) is 0 Å². The molecule has 0 heterocycles. The molecule has 0 amide bonds. The quantitative estimate of drug-likeness (QED) is 0.528. The topological polar surface area (TPSA) is 0 Å². The van der Waals surface area contributed by atoms with E-state index >= 15 is 0 Å². The molecule has 0 aromatic rings. The van der Waals surface area contributed by atoms with Crippen LogP contribution in [0.4, 0.5) is 0 Å². The molecular formula is CH3Se3-. The maximum absolute atomic E-state index is 2.90. The molecule has 0 rings (SSSR count). The van der Waals surface area contributed by atoms with Crippen molar-refractivity contribution in [1.29, 1.82) is 0 Å². The molecule has 0 atom stereocenters. The summed E-state index contributed by atoms with van der Waals surface area (Å²) >= 11 is 6.27. The van der Waals surface area contributed by atoms with Crippen LogP contribution in [-0.2, 0) is 0 Å². The molecule has 3 heteroatoms. The summed E-state index contributed by atoms with van der Waals surface area (Å²) in [5.41, 5.74) is 0. The third kappa shape index (κ3) is 3.56. The second-order valence-electron chi connectivity index (χ2n) is 0.247. The molecular weight excluding hydrogens is 249 g/mol. The number of hydrogen-bond donors (Lipinski definition) is 0. The normalized spacial score (nSPS) is 7.50. The van der Waals surface area contributed by atoms with Gasteiger partial charge in [-0.1, -0.05) is 0 Å². The maximum atomic E-state index is 2.90. The zero-order valence-corrected chi connectivity index (χ0v) is 7.27. The van der Waals surface area contributed by atoms with Gasteiger partial charge in [0.05, 0.1) is 0 Å². The van der Waals surface area contributed by atoms with Crippen LogP contribution in [0.1, 0.15) is 0 Å². The van der Waals surface area contributed by atoms with Crippen molar-refractivity contribution < 1.29 is 0 Å². The Kier molecular flexibility index (Phi) is 6.33. The first kappa shape index (κ1) is 5.56. The van der Waals surface area contributed by atoms with Gasteiger partial charge in [0.2, 0.25) is 0 Å². The van der Waals surface area contributed by atoms with Crippen molar-refractivity contribution >= 4 is 43.3 Å². The van der Waals surface area contributed by atoms with E-state index in [1.165, 1.54) is 4.22 Å². The van der Waals surface area contributed by atoms with Crippen LogP contribution in [0.25, 0.3) is 0 Å². The van der Waals surface area contributed by atoms with Crippen molar-refractivity contribution in [2.75, 3.05) is 0 Å². The van der Waals surface area contributed by atoms with E-state index in [4.69, 9.17) is 0 Å². The van der Waals surface area contributed by atoms with E-state index in [1.807, 2.05) is 0 Å². The average molecular weight is 252 g/mol. The van der Waals surface area contributed by atoms with Crippen LogP contribution < -0.4 is 0 Å². The van der Waals surface area contributed by atoms with E-state index in [9.17, 15) is 0 Å². The fraction of sp³-hybridized carbons (Fsp3) is 1.00. The first-order valence-electron chi connectivity index (χ1n) is 0.760. The van der Waals surface area contributed by atoms with Crippen LogP contribution in [-0.4, -0.2) is 43.3 Å². The van der Waals surface area contributed by atoms with Crippen LogP contribution >= 0.6 is 0 Å². The summed E-state index contributed by atoms with van der Waals surface area (Å²) < 4.78 is 1.23. The molecule has 0 nitrogen and oxygen atoms in total. The Hall–Kier alpha value is 1.56. The predicted molar refractivity (Wildman–Crippen MR) is 23.5 cm³/mol. The zero-order valence-electron chi connectivity index (χ0n) is 1.97. The van der Waals surface area contributed by atoms with Crippen LogP contribution in [0.2, 0.25) is 4.22 Å². The number of hydrogen-bond acceptors (Lipinski definition) is 0. The molecule has 0 bridgehead atoms. The summed E-state index contributed by atoms with van der Waals surface area (Å²) in [6.45, 7) is 0. The summed E-state index contributed by atoms with van der Waals surface area (Å²) in [7, 11) is 0. The van der Waals surface area contributed by atoms with Crippen molar-refractivity contribution in [2.24, 2.45) is 0 Å². The predicted octanol–water partition coefficient (Wildman–Crippen LogP) is -0.949. The van der Waals surface area contributed by atoms with Gasteiger partial charge in [0, 0.05) is 0 Å². The van der Waals surface area contributed by atoms with Crippen LogP contribution in [0.3, 0.4) is 0 Å². The molecule has 0 radical (unpaired) electrons. The average Bonchev–Trinajstić information content (AvgIpc) is 1.37. The summed E-state index contributed by atoms with van der Waals surface area (Å²) in [6.07, 6.45) is 0. The monoisotopic (exact) mass is 255 g/mol. The van der Waals surface area contributed by atoms with Gasteiger partial charge in [0.15, 0.2) is 0 Å². The van der Waals surface area contributed by atoms with Gasteiger partial charge in [-0.2, -0.15) is 0 Å². The SMILES string of the molecule is [Se-]C[Se][SeH]. The molecule has 0 saturated heterocycles. The Labute approximate surface area is 47.4 Å². The van der Waals surface area contributed by atoms with Crippen molar-refractivity contribution in [1.82, 2.24) is 0 Å². The second-order valence-corrected chi connectivity index (χ2v) is 6.67. The van der Waals surface area contributed by atoms with Gasteiger partial charge in [-0.05, 0) is 0 Å². The Balaban J connectivity index is 1.97. The molecule has 0 aliphatic rings. The molecule has 0 saturated carbocycles. The second kappa shape index (κ2) is 4.56. The summed E-state index contributed by atoms with van der Waals surface area (Å²) in [5, 5.41) is 0. The minimum absolute atomic E-state index is 0.799. The van der Waals surface area contributed by atoms with Gasteiger partial charge in [0.25, 0.3) is 0 Å². The molecule has 0 aromatic carbocycles. The Morgan fingerprint density at radius 1 is 2.00 bits per heavy atom. The van der Waals surface area contributed by atoms with E-state index in [0.717, 1.165) is 13.1 Å². The molecule has 0 aliphatic carbocycles. The van der Waals surface area contributed by atoms with E-state index in [-0.39, 0.29) is 0 Å². The van der Waals surface area contributed by atoms with Gasteiger partial charge >= 0.3 is 47.5 Å². The van der Waals surface area contributed by atoms with Crippen LogP contribution in [0.15, 0.2) is 0 Å². The first-order valence-corrected chi connectivity index (χ1v) is 7.93. The fourth-order valence-electron chi connectivity index (χ4n) is 0. The van der Waals surface area contributed by atoms with E-state index in [2.05, 4.69) is 30.2 Å². The molecule has 0 spiro atoms. The Morgan fingerprint density at radius 2 is 2.25 bits per heavy atom. The molecule has 4 heavy (non-hydrogen) atoms. The molecule has 0 unspecified atom stereocenters.